The summed E-state index contributed by atoms with van der Waals surface area (Å²) in [5.74, 6) is -0.227. The Kier molecular flexibility index (Phi) is 5.08. The number of thiophene rings is 1. The van der Waals surface area contributed by atoms with Gasteiger partial charge in [0.05, 0.1) is 29.1 Å². The summed E-state index contributed by atoms with van der Waals surface area (Å²) in [5, 5.41) is 9.07. The molecular formula is C17H19N5O2S. The van der Waals surface area contributed by atoms with Crippen LogP contribution in [0.3, 0.4) is 0 Å². The van der Waals surface area contributed by atoms with Gasteiger partial charge in [-0.25, -0.2) is 4.98 Å². The molecule has 3 rings (SSSR count). The maximum atomic E-state index is 12.1. The van der Waals surface area contributed by atoms with E-state index in [-0.39, 0.29) is 18.0 Å². The zero-order valence-corrected chi connectivity index (χ0v) is 14.9. The number of hydrogen-bond donors (Lipinski definition) is 1. The molecule has 3 aromatic heterocycles. The van der Waals surface area contributed by atoms with E-state index in [0.717, 1.165) is 16.3 Å². The summed E-state index contributed by atoms with van der Waals surface area (Å²) >= 11 is 1.52. The molecule has 1 N–H and O–H groups in total. The Morgan fingerprint density at radius 2 is 2.16 bits per heavy atom. The standard InChI is InChI=1S/C17H19N5O2S/c1-12-8-13(2)22(20-12)6-5-18-16(23)10-21-11-19-14(9-17(21)24)15-4-3-7-25-15/h3-4,7-9,11H,5-6,10H2,1-2H3,(H,18,23). The molecule has 0 aliphatic heterocycles. The summed E-state index contributed by atoms with van der Waals surface area (Å²) in [6, 6.07) is 7.25. The number of carbonyl (C=O) groups is 1. The van der Waals surface area contributed by atoms with Crippen LogP contribution in [0.15, 0.2) is 40.8 Å². The van der Waals surface area contributed by atoms with Gasteiger partial charge in [-0.05, 0) is 31.4 Å². The van der Waals surface area contributed by atoms with Crippen LogP contribution in [0, 0.1) is 13.8 Å². The number of aryl methyl sites for hydroxylation is 2. The summed E-state index contributed by atoms with van der Waals surface area (Å²) in [7, 11) is 0. The molecule has 25 heavy (non-hydrogen) atoms. The molecule has 0 unspecified atom stereocenters. The number of carbonyl (C=O) groups excluding carboxylic acids is 1. The molecule has 3 heterocycles. The van der Waals surface area contributed by atoms with Gasteiger partial charge in [0.25, 0.3) is 5.56 Å². The molecule has 0 radical (unpaired) electrons. The minimum atomic E-state index is -0.243. The van der Waals surface area contributed by atoms with Crippen LogP contribution >= 0.6 is 11.3 Å². The van der Waals surface area contributed by atoms with E-state index in [9.17, 15) is 9.59 Å². The van der Waals surface area contributed by atoms with Crippen LogP contribution in [0.2, 0.25) is 0 Å². The number of nitrogens with zero attached hydrogens (tertiary/aromatic N) is 4. The average molecular weight is 357 g/mol. The van der Waals surface area contributed by atoms with Crippen LogP contribution in [0.5, 0.6) is 0 Å². The summed E-state index contributed by atoms with van der Waals surface area (Å²) in [6.45, 7) is 4.91. The van der Waals surface area contributed by atoms with Crippen molar-refractivity contribution in [3.05, 3.63) is 57.7 Å². The highest BCUT2D eigenvalue weighted by Crippen LogP contribution is 2.20. The highest BCUT2D eigenvalue weighted by molar-refractivity contribution is 7.13. The minimum absolute atomic E-state index is 0.0479. The largest absolute Gasteiger partial charge is 0.353 e. The van der Waals surface area contributed by atoms with Gasteiger partial charge < -0.3 is 5.32 Å². The quantitative estimate of drug-likeness (QED) is 0.726. The first-order chi connectivity index (χ1) is 12.0. The molecule has 0 saturated carbocycles. The Balaban J connectivity index is 1.56. The monoisotopic (exact) mass is 357 g/mol. The first-order valence-corrected chi connectivity index (χ1v) is 8.79. The summed E-state index contributed by atoms with van der Waals surface area (Å²) in [5.41, 5.74) is 2.39. The smallest absolute Gasteiger partial charge is 0.254 e. The third-order valence-electron chi connectivity index (χ3n) is 3.72. The summed E-state index contributed by atoms with van der Waals surface area (Å²) in [6.07, 6.45) is 1.41. The van der Waals surface area contributed by atoms with Crippen molar-refractivity contribution < 1.29 is 4.79 Å². The molecule has 0 aliphatic rings. The molecule has 0 bridgehead atoms. The van der Waals surface area contributed by atoms with Gasteiger partial charge in [0.15, 0.2) is 0 Å². The number of amides is 1. The molecule has 0 fully saturated rings. The van der Waals surface area contributed by atoms with Gasteiger partial charge in [0, 0.05) is 18.3 Å². The van der Waals surface area contributed by atoms with Crippen molar-refractivity contribution in [3.63, 3.8) is 0 Å². The second-order valence-electron chi connectivity index (χ2n) is 5.72. The highest BCUT2D eigenvalue weighted by Gasteiger charge is 2.08. The van der Waals surface area contributed by atoms with Crippen LogP contribution in [0.25, 0.3) is 10.6 Å². The molecule has 0 spiro atoms. The van der Waals surface area contributed by atoms with Crippen molar-refractivity contribution in [2.45, 2.75) is 26.9 Å². The Morgan fingerprint density at radius 3 is 2.80 bits per heavy atom. The van der Waals surface area contributed by atoms with E-state index < -0.39 is 0 Å². The first-order valence-electron chi connectivity index (χ1n) is 7.91. The van der Waals surface area contributed by atoms with Crippen molar-refractivity contribution in [3.8, 4) is 10.6 Å². The van der Waals surface area contributed by atoms with E-state index in [1.54, 1.807) is 0 Å². The summed E-state index contributed by atoms with van der Waals surface area (Å²) in [4.78, 5) is 29.4. The molecule has 0 atom stereocenters. The van der Waals surface area contributed by atoms with Crippen LogP contribution in [-0.4, -0.2) is 31.8 Å². The normalized spacial score (nSPS) is 10.8. The molecule has 3 aromatic rings. The third kappa shape index (κ3) is 4.21. The molecule has 1 amide bonds. The molecule has 0 aliphatic carbocycles. The lowest BCUT2D eigenvalue weighted by atomic mass is 10.3. The third-order valence-corrected chi connectivity index (χ3v) is 4.61. The second-order valence-corrected chi connectivity index (χ2v) is 6.67. The molecule has 8 heteroatoms. The zero-order valence-electron chi connectivity index (χ0n) is 14.1. The van der Waals surface area contributed by atoms with E-state index in [0.29, 0.717) is 18.8 Å². The van der Waals surface area contributed by atoms with Gasteiger partial charge in [0.1, 0.15) is 6.54 Å². The first kappa shape index (κ1) is 17.1. The van der Waals surface area contributed by atoms with E-state index in [1.807, 2.05) is 42.1 Å². The number of nitrogens with one attached hydrogen (secondary N) is 1. The lowest BCUT2D eigenvalue weighted by Gasteiger charge is -2.08. The Bertz CT molecular complexity index is 927. The maximum absolute atomic E-state index is 12.1. The van der Waals surface area contributed by atoms with Crippen molar-refractivity contribution in [2.75, 3.05) is 6.54 Å². The minimum Gasteiger partial charge on any atom is -0.353 e. The van der Waals surface area contributed by atoms with Crippen molar-refractivity contribution in [2.24, 2.45) is 0 Å². The maximum Gasteiger partial charge on any atom is 0.254 e. The van der Waals surface area contributed by atoms with Gasteiger partial charge in [0.2, 0.25) is 5.91 Å². The average Bonchev–Trinajstić information content (AvgIpc) is 3.19. The summed E-state index contributed by atoms with van der Waals surface area (Å²) < 4.78 is 3.15. The van der Waals surface area contributed by atoms with Gasteiger partial charge in [-0.15, -0.1) is 11.3 Å². The number of hydrogen-bond acceptors (Lipinski definition) is 5. The molecule has 7 nitrogen and oxygen atoms in total. The van der Waals surface area contributed by atoms with E-state index in [1.165, 1.54) is 28.3 Å². The number of rotatable bonds is 6. The Morgan fingerprint density at radius 1 is 1.32 bits per heavy atom. The van der Waals surface area contributed by atoms with E-state index >= 15 is 0 Å². The van der Waals surface area contributed by atoms with Gasteiger partial charge in [-0.3, -0.25) is 18.8 Å². The van der Waals surface area contributed by atoms with E-state index in [2.05, 4.69) is 15.4 Å². The predicted octanol–water partition coefficient (Wildman–Crippen LogP) is 1.60. The van der Waals surface area contributed by atoms with Crippen LogP contribution in [0.1, 0.15) is 11.4 Å². The fraction of sp³-hybridized carbons (Fsp3) is 0.294. The second kappa shape index (κ2) is 7.43. The van der Waals surface area contributed by atoms with Crippen LogP contribution < -0.4 is 10.9 Å². The van der Waals surface area contributed by atoms with Crippen molar-refractivity contribution >= 4 is 17.2 Å². The van der Waals surface area contributed by atoms with Gasteiger partial charge in [-0.2, -0.15) is 5.10 Å². The lowest BCUT2D eigenvalue weighted by Crippen LogP contribution is -2.34. The van der Waals surface area contributed by atoms with Gasteiger partial charge in [-0.1, -0.05) is 6.07 Å². The predicted molar refractivity (Wildman–Crippen MR) is 96.5 cm³/mol. The fourth-order valence-corrected chi connectivity index (χ4v) is 3.21. The molecular weight excluding hydrogens is 338 g/mol. The highest BCUT2D eigenvalue weighted by atomic mass is 32.1. The van der Waals surface area contributed by atoms with Crippen molar-refractivity contribution in [1.29, 1.82) is 0 Å². The lowest BCUT2D eigenvalue weighted by molar-refractivity contribution is -0.121. The topological polar surface area (TPSA) is 81.8 Å². The zero-order chi connectivity index (χ0) is 17.8. The molecule has 130 valence electrons. The molecule has 0 saturated heterocycles. The van der Waals surface area contributed by atoms with E-state index in [4.69, 9.17) is 0 Å². The van der Waals surface area contributed by atoms with Crippen LogP contribution in [0.4, 0.5) is 0 Å². The van der Waals surface area contributed by atoms with Crippen molar-refractivity contribution in [1.82, 2.24) is 24.6 Å². The Labute approximate surface area is 149 Å². The molecule has 0 aromatic carbocycles. The van der Waals surface area contributed by atoms with Crippen LogP contribution in [-0.2, 0) is 17.9 Å². The van der Waals surface area contributed by atoms with Gasteiger partial charge >= 0.3 is 0 Å². The fourth-order valence-electron chi connectivity index (χ4n) is 2.52. The number of aromatic nitrogens is 4. The Hall–Kier alpha value is -2.74. The SMILES string of the molecule is Cc1cc(C)n(CCNC(=O)Cn2cnc(-c3cccs3)cc2=O)n1.